The van der Waals surface area contributed by atoms with Gasteiger partial charge in [-0.25, -0.2) is 0 Å². The van der Waals surface area contributed by atoms with E-state index >= 15 is 0 Å². The maximum atomic E-state index is 12.9. The van der Waals surface area contributed by atoms with Crippen LogP contribution in [0.3, 0.4) is 0 Å². The van der Waals surface area contributed by atoms with Gasteiger partial charge in [-0.15, -0.1) is 11.3 Å². The number of nitrogens with one attached hydrogen (secondary N) is 1. The number of rotatable bonds is 5. The highest BCUT2D eigenvalue weighted by Crippen LogP contribution is 2.29. The molecule has 1 aliphatic rings. The van der Waals surface area contributed by atoms with E-state index in [-0.39, 0.29) is 11.9 Å². The minimum atomic E-state index is -0.123. The SMILES string of the molecule is Cc1cc2oc(C(=O)NC[C@H](c3cccs3)N3CCCCC3)c(C)c2cc1C. The number of piperidine rings is 1. The van der Waals surface area contributed by atoms with Gasteiger partial charge >= 0.3 is 0 Å². The van der Waals surface area contributed by atoms with Crippen molar-refractivity contribution in [3.63, 3.8) is 0 Å². The average molecular weight is 397 g/mol. The Morgan fingerprint density at radius 3 is 2.64 bits per heavy atom. The fourth-order valence-corrected chi connectivity index (χ4v) is 4.94. The molecule has 0 radical (unpaired) electrons. The molecule has 4 nitrogen and oxygen atoms in total. The van der Waals surface area contributed by atoms with Crippen LogP contribution >= 0.6 is 11.3 Å². The van der Waals surface area contributed by atoms with Crippen molar-refractivity contribution in [1.29, 1.82) is 0 Å². The number of carbonyl (C=O) groups excluding carboxylic acids is 1. The van der Waals surface area contributed by atoms with Crippen LogP contribution in [0.2, 0.25) is 0 Å². The van der Waals surface area contributed by atoms with Crippen LogP contribution in [0, 0.1) is 20.8 Å². The van der Waals surface area contributed by atoms with Crippen molar-refractivity contribution >= 4 is 28.2 Å². The van der Waals surface area contributed by atoms with Crippen LogP contribution in [-0.2, 0) is 0 Å². The number of hydrogen-bond donors (Lipinski definition) is 1. The third kappa shape index (κ3) is 3.74. The zero-order valence-corrected chi connectivity index (χ0v) is 17.7. The molecule has 0 unspecified atom stereocenters. The van der Waals surface area contributed by atoms with Crippen molar-refractivity contribution in [2.45, 2.75) is 46.1 Å². The molecule has 1 aliphatic heterocycles. The second kappa shape index (κ2) is 8.10. The van der Waals surface area contributed by atoms with Crippen LogP contribution in [0.5, 0.6) is 0 Å². The molecule has 1 aromatic carbocycles. The molecule has 1 amide bonds. The van der Waals surface area contributed by atoms with Crippen molar-refractivity contribution in [3.8, 4) is 0 Å². The van der Waals surface area contributed by atoms with Crippen LogP contribution in [0.25, 0.3) is 11.0 Å². The molecule has 148 valence electrons. The molecule has 0 aliphatic carbocycles. The van der Waals surface area contributed by atoms with Gasteiger partial charge in [-0.3, -0.25) is 9.69 Å². The third-order valence-electron chi connectivity index (χ3n) is 5.92. The van der Waals surface area contributed by atoms with Crippen LogP contribution in [0.4, 0.5) is 0 Å². The molecule has 3 heterocycles. The van der Waals surface area contributed by atoms with Gasteiger partial charge in [-0.1, -0.05) is 12.5 Å². The second-order valence-corrected chi connectivity index (χ2v) is 8.81. The topological polar surface area (TPSA) is 45.5 Å². The first-order valence-corrected chi connectivity index (χ1v) is 11.0. The van der Waals surface area contributed by atoms with Crippen LogP contribution in [0.1, 0.15) is 57.4 Å². The second-order valence-electron chi connectivity index (χ2n) is 7.83. The largest absolute Gasteiger partial charge is 0.451 e. The number of likely N-dealkylation sites (tertiary alicyclic amines) is 1. The van der Waals surface area contributed by atoms with Gasteiger partial charge in [0.1, 0.15) is 5.58 Å². The maximum absolute atomic E-state index is 12.9. The number of amides is 1. The Kier molecular flexibility index (Phi) is 5.56. The first-order chi connectivity index (χ1) is 13.5. The molecule has 1 atom stereocenters. The standard InChI is InChI=1S/C23H28N2O2S/c1-15-12-18-17(3)22(27-20(18)13-16(15)2)23(26)24-14-19(21-8-7-11-28-21)25-9-5-4-6-10-25/h7-8,11-13,19H,4-6,9-10,14H2,1-3H3,(H,24,26)/t19-/m1/s1. The quantitative estimate of drug-likeness (QED) is 0.630. The lowest BCUT2D eigenvalue weighted by Crippen LogP contribution is -2.40. The molecule has 28 heavy (non-hydrogen) atoms. The van der Waals surface area contributed by atoms with Gasteiger partial charge in [0.15, 0.2) is 5.76 Å². The number of nitrogens with zero attached hydrogens (tertiary/aromatic N) is 1. The molecule has 3 aromatic rings. The van der Waals surface area contributed by atoms with E-state index < -0.39 is 0 Å². The summed E-state index contributed by atoms with van der Waals surface area (Å²) in [7, 11) is 0. The van der Waals surface area contributed by atoms with E-state index in [4.69, 9.17) is 4.42 Å². The van der Waals surface area contributed by atoms with Gasteiger partial charge in [0.25, 0.3) is 5.91 Å². The molecule has 0 bridgehead atoms. The van der Waals surface area contributed by atoms with E-state index in [1.165, 1.54) is 35.3 Å². The molecule has 4 rings (SSSR count). The van der Waals surface area contributed by atoms with E-state index in [1.807, 2.05) is 13.0 Å². The lowest BCUT2D eigenvalue weighted by Gasteiger charge is -2.34. The van der Waals surface area contributed by atoms with Crippen LogP contribution in [-0.4, -0.2) is 30.4 Å². The Bertz CT molecular complexity index is 968. The summed E-state index contributed by atoms with van der Waals surface area (Å²) in [6.45, 7) is 8.92. The van der Waals surface area contributed by atoms with Crippen molar-refractivity contribution in [2.75, 3.05) is 19.6 Å². The predicted molar refractivity (Wildman–Crippen MR) is 115 cm³/mol. The van der Waals surface area contributed by atoms with Crippen LogP contribution < -0.4 is 5.32 Å². The molecule has 1 N–H and O–H groups in total. The summed E-state index contributed by atoms with van der Waals surface area (Å²) in [6.07, 6.45) is 3.77. The Morgan fingerprint density at radius 2 is 1.93 bits per heavy atom. The van der Waals surface area contributed by atoms with E-state index in [1.54, 1.807) is 11.3 Å². The summed E-state index contributed by atoms with van der Waals surface area (Å²) in [6, 6.07) is 8.64. The van der Waals surface area contributed by atoms with Gasteiger partial charge in [0, 0.05) is 22.4 Å². The molecule has 0 spiro atoms. The normalized spacial score (nSPS) is 16.4. The highest BCUT2D eigenvalue weighted by atomic mass is 32.1. The van der Waals surface area contributed by atoms with Gasteiger partial charge in [-0.2, -0.15) is 0 Å². The van der Waals surface area contributed by atoms with Crippen molar-refractivity contribution in [2.24, 2.45) is 0 Å². The van der Waals surface area contributed by atoms with E-state index in [0.717, 1.165) is 29.6 Å². The van der Waals surface area contributed by atoms with Gasteiger partial charge in [-0.05, 0) is 81.4 Å². The van der Waals surface area contributed by atoms with Crippen molar-refractivity contribution in [3.05, 3.63) is 57.0 Å². The average Bonchev–Trinajstić information content (AvgIpc) is 3.33. The number of carbonyl (C=O) groups is 1. The molecular weight excluding hydrogens is 368 g/mol. The first kappa shape index (κ1) is 19.2. The summed E-state index contributed by atoms with van der Waals surface area (Å²) < 4.78 is 5.94. The summed E-state index contributed by atoms with van der Waals surface area (Å²) in [4.78, 5) is 16.8. The summed E-state index contributed by atoms with van der Waals surface area (Å²) in [5.41, 5.74) is 4.10. The van der Waals surface area contributed by atoms with Crippen molar-refractivity contribution in [1.82, 2.24) is 10.2 Å². The minimum Gasteiger partial charge on any atom is -0.451 e. The molecule has 5 heteroatoms. The molecule has 2 aromatic heterocycles. The lowest BCUT2D eigenvalue weighted by atomic mass is 10.0. The number of fused-ring (bicyclic) bond motifs is 1. The molecule has 0 saturated carbocycles. The fraction of sp³-hybridized carbons (Fsp3) is 0.435. The zero-order valence-electron chi connectivity index (χ0n) is 16.9. The first-order valence-electron chi connectivity index (χ1n) is 10.1. The zero-order chi connectivity index (χ0) is 19.7. The van der Waals surface area contributed by atoms with E-state index in [0.29, 0.717) is 12.3 Å². The number of benzene rings is 1. The Balaban J connectivity index is 1.53. The smallest absolute Gasteiger partial charge is 0.287 e. The van der Waals surface area contributed by atoms with E-state index in [2.05, 4.69) is 47.6 Å². The minimum absolute atomic E-state index is 0.123. The molecule has 1 saturated heterocycles. The highest BCUT2D eigenvalue weighted by Gasteiger charge is 2.25. The van der Waals surface area contributed by atoms with Gasteiger partial charge in [0.05, 0.1) is 6.04 Å². The van der Waals surface area contributed by atoms with Crippen molar-refractivity contribution < 1.29 is 9.21 Å². The fourth-order valence-electron chi connectivity index (χ4n) is 4.08. The number of thiophene rings is 1. The maximum Gasteiger partial charge on any atom is 0.287 e. The van der Waals surface area contributed by atoms with Gasteiger partial charge < -0.3 is 9.73 Å². The number of aryl methyl sites for hydroxylation is 3. The third-order valence-corrected chi connectivity index (χ3v) is 6.89. The summed E-state index contributed by atoms with van der Waals surface area (Å²) in [5, 5.41) is 6.29. The Labute approximate surface area is 170 Å². The number of hydrogen-bond acceptors (Lipinski definition) is 4. The Hall–Kier alpha value is -2.11. The van der Waals surface area contributed by atoms with Crippen LogP contribution in [0.15, 0.2) is 34.1 Å². The monoisotopic (exact) mass is 396 g/mol. The summed E-state index contributed by atoms with van der Waals surface area (Å²) in [5.74, 6) is 0.311. The summed E-state index contributed by atoms with van der Waals surface area (Å²) >= 11 is 1.77. The Morgan fingerprint density at radius 1 is 1.18 bits per heavy atom. The number of furan rings is 1. The highest BCUT2D eigenvalue weighted by molar-refractivity contribution is 7.10. The lowest BCUT2D eigenvalue weighted by molar-refractivity contribution is 0.0899. The van der Waals surface area contributed by atoms with E-state index in [9.17, 15) is 4.79 Å². The predicted octanol–water partition coefficient (Wildman–Crippen LogP) is 5.38. The molecule has 1 fully saturated rings. The molecular formula is C23H28N2O2S. The van der Waals surface area contributed by atoms with Gasteiger partial charge in [0.2, 0.25) is 0 Å².